The van der Waals surface area contributed by atoms with Gasteiger partial charge >= 0.3 is 0 Å². The Balaban J connectivity index is 1.69. The average molecular weight is 238 g/mol. The lowest BCUT2D eigenvalue weighted by atomic mass is 9.94. The molecule has 2 fully saturated rings. The highest BCUT2D eigenvalue weighted by Crippen LogP contribution is 2.20. The normalized spacial score (nSPS) is 27.1. The van der Waals surface area contributed by atoms with Crippen LogP contribution in [0.15, 0.2) is 0 Å². The minimum Gasteiger partial charge on any atom is -0.343 e. The molecule has 0 aromatic heterocycles. The first-order valence-corrected chi connectivity index (χ1v) is 7.23. The highest BCUT2D eigenvalue weighted by Gasteiger charge is 2.22. The van der Waals surface area contributed by atoms with Crippen LogP contribution < -0.4 is 0 Å². The number of carbonyl (C=O) groups excluding carboxylic acids is 1. The van der Waals surface area contributed by atoms with Gasteiger partial charge in [0.15, 0.2) is 0 Å². The molecule has 2 saturated heterocycles. The minimum absolute atomic E-state index is 0.257. The van der Waals surface area contributed by atoms with Crippen molar-refractivity contribution < 1.29 is 4.79 Å². The van der Waals surface area contributed by atoms with Gasteiger partial charge in [0.25, 0.3) is 0 Å². The lowest BCUT2D eigenvalue weighted by Gasteiger charge is -2.34. The molecule has 0 bridgehead atoms. The molecule has 2 rings (SSSR count). The summed E-state index contributed by atoms with van der Waals surface area (Å²) >= 11 is 0. The second kappa shape index (κ2) is 6.39. The fraction of sp³-hybridized carbons (Fsp3) is 0.929. The van der Waals surface area contributed by atoms with Gasteiger partial charge in [-0.1, -0.05) is 6.42 Å². The van der Waals surface area contributed by atoms with Crippen LogP contribution in [0.5, 0.6) is 0 Å². The molecular weight excluding hydrogens is 212 g/mol. The summed E-state index contributed by atoms with van der Waals surface area (Å²) in [5.41, 5.74) is 0. The molecule has 0 saturated carbocycles. The lowest BCUT2D eigenvalue weighted by molar-refractivity contribution is -0.130. The Hall–Kier alpha value is -0.570. The molecule has 0 spiro atoms. The second-order valence-electron chi connectivity index (χ2n) is 5.66. The molecule has 3 heteroatoms. The number of rotatable bonds is 3. The monoisotopic (exact) mass is 238 g/mol. The summed E-state index contributed by atoms with van der Waals surface area (Å²) in [5, 5.41) is 0. The summed E-state index contributed by atoms with van der Waals surface area (Å²) in [6, 6.07) is 0. The zero-order valence-electron chi connectivity index (χ0n) is 11.2. The predicted octanol–water partition coefficient (Wildman–Crippen LogP) is 2.12. The minimum atomic E-state index is 0.257. The molecule has 2 heterocycles. The van der Waals surface area contributed by atoms with Gasteiger partial charge in [-0.05, 0) is 57.7 Å². The molecular formula is C14H26N2O. The first-order valence-electron chi connectivity index (χ1n) is 7.23. The van der Waals surface area contributed by atoms with Gasteiger partial charge in [-0.15, -0.1) is 0 Å². The van der Waals surface area contributed by atoms with Gasteiger partial charge in [0, 0.05) is 20.0 Å². The highest BCUT2D eigenvalue weighted by molar-refractivity contribution is 5.73. The van der Waals surface area contributed by atoms with Gasteiger partial charge in [-0.25, -0.2) is 0 Å². The van der Waals surface area contributed by atoms with E-state index in [1.807, 2.05) is 4.90 Å². The largest absolute Gasteiger partial charge is 0.343 e. The van der Waals surface area contributed by atoms with Crippen LogP contribution in [-0.2, 0) is 4.79 Å². The van der Waals surface area contributed by atoms with E-state index in [2.05, 4.69) is 4.90 Å². The molecule has 3 nitrogen and oxygen atoms in total. The van der Waals surface area contributed by atoms with Crippen LogP contribution in [0.4, 0.5) is 0 Å². The maximum atomic E-state index is 11.4. The van der Waals surface area contributed by atoms with Crippen LogP contribution in [0.3, 0.4) is 0 Å². The topological polar surface area (TPSA) is 23.6 Å². The molecule has 2 aliphatic heterocycles. The van der Waals surface area contributed by atoms with Crippen molar-refractivity contribution in [2.45, 2.75) is 45.4 Å². The molecule has 1 amide bonds. The lowest BCUT2D eigenvalue weighted by Crippen LogP contribution is -2.40. The van der Waals surface area contributed by atoms with Crippen LogP contribution in [-0.4, -0.2) is 48.4 Å². The third kappa shape index (κ3) is 3.98. The van der Waals surface area contributed by atoms with Gasteiger partial charge in [0.1, 0.15) is 0 Å². The number of piperidine rings is 2. The zero-order chi connectivity index (χ0) is 12.1. The van der Waals surface area contributed by atoms with E-state index in [-0.39, 0.29) is 5.91 Å². The Bertz CT molecular complexity index is 249. The first kappa shape index (κ1) is 12.9. The number of nitrogens with zero attached hydrogens (tertiary/aromatic N) is 2. The molecule has 98 valence electrons. The van der Waals surface area contributed by atoms with Gasteiger partial charge in [-0.2, -0.15) is 0 Å². The average Bonchev–Trinajstić information content (AvgIpc) is 2.38. The third-order valence-electron chi connectivity index (χ3n) is 4.27. The van der Waals surface area contributed by atoms with Crippen molar-refractivity contribution >= 4 is 5.91 Å². The summed E-state index contributed by atoms with van der Waals surface area (Å²) in [6.07, 6.45) is 7.97. The Morgan fingerprint density at radius 3 is 2.59 bits per heavy atom. The van der Waals surface area contributed by atoms with Crippen molar-refractivity contribution in [3.05, 3.63) is 0 Å². The first-order chi connectivity index (χ1) is 8.25. The summed E-state index contributed by atoms with van der Waals surface area (Å²) in [5.74, 6) is 1.00. The van der Waals surface area contributed by atoms with E-state index in [9.17, 15) is 4.79 Å². The highest BCUT2D eigenvalue weighted by atomic mass is 16.2. The molecule has 0 radical (unpaired) electrons. The molecule has 1 atom stereocenters. The second-order valence-corrected chi connectivity index (χ2v) is 5.66. The van der Waals surface area contributed by atoms with Crippen molar-refractivity contribution in [2.24, 2.45) is 5.92 Å². The molecule has 2 aliphatic rings. The van der Waals surface area contributed by atoms with Crippen LogP contribution in [0.2, 0.25) is 0 Å². The molecule has 0 aromatic rings. The Labute approximate surface area is 105 Å². The summed E-state index contributed by atoms with van der Waals surface area (Å²) < 4.78 is 0. The number of likely N-dealkylation sites (tertiary alicyclic amines) is 2. The Kier molecular flexibility index (Phi) is 4.84. The maximum absolute atomic E-state index is 11.4. The van der Waals surface area contributed by atoms with E-state index in [0.29, 0.717) is 0 Å². The van der Waals surface area contributed by atoms with E-state index in [1.54, 1.807) is 6.92 Å². The van der Waals surface area contributed by atoms with E-state index in [1.165, 1.54) is 58.2 Å². The number of amides is 1. The Morgan fingerprint density at radius 1 is 1.12 bits per heavy atom. The number of carbonyl (C=O) groups is 1. The zero-order valence-corrected chi connectivity index (χ0v) is 11.2. The fourth-order valence-corrected chi connectivity index (χ4v) is 3.13. The van der Waals surface area contributed by atoms with Crippen LogP contribution >= 0.6 is 0 Å². The Morgan fingerprint density at radius 2 is 1.88 bits per heavy atom. The van der Waals surface area contributed by atoms with Gasteiger partial charge in [0.2, 0.25) is 5.91 Å². The number of hydrogen-bond acceptors (Lipinski definition) is 2. The number of hydrogen-bond donors (Lipinski definition) is 0. The summed E-state index contributed by atoms with van der Waals surface area (Å²) in [4.78, 5) is 16.0. The van der Waals surface area contributed by atoms with Crippen molar-refractivity contribution in [3.8, 4) is 0 Å². The fourth-order valence-electron chi connectivity index (χ4n) is 3.13. The van der Waals surface area contributed by atoms with Crippen LogP contribution in [0, 0.1) is 5.92 Å². The van der Waals surface area contributed by atoms with Gasteiger partial charge < -0.3 is 9.80 Å². The van der Waals surface area contributed by atoms with Crippen molar-refractivity contribution in [3.63, 3.8) is 0 Å². The molecule has 17 heavy (non-hydrogen) atoms. The molecule has 1 unspecified atom stereocenters. The van der Waals surface area contributed by atoms with Crippen LogP contribution in [0.25, 0.3) is 0 Å². The van der Waals surface area contributed by atoms with E-state index >= 15 is 0 Å². The molecule has 0 aliphatic carbocycles. The third-order valence-corrected chi connectivity index (χ3v) is 4.27. The smallest absolute Gasteiger partial charge is 0.219 e. The van der Waals surface area contributed by atoms with E-state index < -0.39 is 0 Å². The van der Waals surface area contributed by atoms with Gasteiger partial charge in [-0.3, -0.25) is 4.79 Å². The van der Waals surface area contributed by atoms with Crippen molar-refractivity contribution in [1.82, 2.24) is 9.80 Å². The van der Waals surface area contributed by atoms with E-state index in [4.69, 9.17) is 0 Å². The molecule has 0 N–H and O–H groups in total. The van der Waals surface area contributed by atoms with Crippen molar-refractivity contribution in [2.75, 3.05) is 32.7 Å². The SMILES string of the molecule is CC(=O)N1CCCC(CCN2CCCCC2)C1. The van der Waals surface area contributed by atoms with Crippen LogP contribution in [0.1, 0.15) is 45.4 Å². The quantitative estimate of drug-likeness (QED) is 0.752. The van der Waals surface area contributed by atoms with E-state index in [0.717, 1.165) is 19.0 Å². The maximum Gasteiger partial charge on any atom is 0.219 e. The predicted molar refractivity (Wildman–Crippen MR) is 69.9 cm³/mol. The van der Waals surface area contributed by atoms with Gasteiger partial charge in [0.05, 0.1) is 0 Å². The summed E-state index contributed by atoms with van der Waals surface area (Å²) in [6.45, 7) is 7.52. The molecule has 0 aromatic carbocycles. The summed E-state index contributed by atoms with van der Waals surface area (Å²) in [7, 11) is 0. The van der Waals surface area contributed by atoms with Crippen molar-refractivity contribution in [1.29, 1.82) is 0 Å². The standard InChI is InChI=1S/C14H26N2O/c1-13(17)16-10-5-6-14(12-16)7-11-15-8-3-2-4-9-15/h14H,2-12H2,1H3.